The Hall–Kier alpha value is -0.830. The van der Waals surface area contributed by atoms with Crippen LogP contribution in [0.5, 0.6) is 0 Å². The lowest BCUT2D eigenvalue weighted by molar-refractivity contribution is -0.135. The third kappa shape index (κ3) is 4.17. The van der Waals surface area contributed by atoms with Gasteiger partial charge in [0.25, 0.3) is 0 Å². The number of hydrogen-bond donors (Lipinski definition) is 0. The topological polar surface area (TPSA) is 23.6 Å². The maximum absolute atomic E-state index is 12.9. The molecule has 0 aromatic heterocycles. The van der Waals surface area contributed by atoms with Crippen molar-refractivity contribution < 1.29 is 4.79 Å². The molecule has 1 aliphatic carbocycles. The molecule has 0 bridgehead atoms. The number of rotatable bonds is 5. The highest BCUT2D eigenvalue weighted by Crippen LogP contribution is 2.60. The first kappa shape index (κ1) is 18.5. The van der Waals surface area contributed by atoms with E-state index >= 15 is 0 Å². The first-order chi connectivity index (χ1) is 10.6. The van der Waals surface area contributed by atoms with Crippen molar-refractivity contribution in [2.24, 2.45) is 23.2 Å². The van der Waals surface area contributed by atoms with Crippen molar-refractivity contribution in [3.05, 3.63) is 11.6 Å². The Morgan fingerprint density at radius 1 is 1.26 bits per heavy atom. The van der Waals surface area contributed by atoms with Gasteiger partial charge in [0.05, 0.1) is 5.92 Å². The smallest absolute Gasteiger partial charge is 0.226 e. The lowest BCUT2D eigenvalue weighted by Gasteiger charge is -2.35. The normalized spacial score (nSPS) is 27.4. The second-order valence-electron chi connectivity index (χ2n) is 8.87. The maximum Gasteiger partial charge on any atom is 0.226 e. The second kappa shape index (κ2) is 6.96. The van der Waals surface area contributed by atoms with E-state index in [1.54, 1.807) is 0 Å². The van der Waals surface area contributed by atoms with Gasteiger partial charge >= 0.3 is 0 Å². The second-order valence-corrected chi connectivity index (χ2v) is 8.87. The number of allylic oxidation sites excluding steroid dienone is 2. The molecule has 2 fully saturated rings. The Balaban J connectivity index is 1.86. The fraction of sp³-hybridized carbons (Fsp3) is 0.850. The lowest BCUT2D eigenvalue weighted by atomic mass is 9.95. The quantitative estimate of drug-likeness (QED) is 0.719. The largest absolute Gasteiger partial charge is 0.342 e. The molecule has 132 valence electrons. The molecule has 1 saturated heterocycles. The minimum absolute atomic E-state index is 0.142. The van der Waals surface area contributed by atoms with Crippen LogP contribution in [0.4, 0.5) is 0 Å². The molecule has 0 aromatic carbocycles. The van der Waals surface area contributed by atoms with Crippen molar-refractivity contribution in [1.29, 1.82) is 0 Å². The number of carbonyl (C=O) groups excluding carboxylic acids is 1. The number of piperidine rings is 1. The van der Waals surface area contributed by atoms with Crippen LogP contribution in [-0.2, 0) is 4.79 Å². The molecule has 3 heteroatoms. The van der Waals surface area contributed by atoms with Gasteiger partial charge in [0, 0.05) is 25.7 Å². The zero-order valence-corrected chi connectivity index (χ0v) is 16.2. The van der Waals surface area contributed by atoms with Gasteiger partial charge in [-0.1, -0.05) is 25.5 Å². The van der Waals surface area contributed by atoms with Crippen molar-refractivity contribution in [2.45, 2.75) is 60.4 Å². The molecule has 0 spiro atoms. The highest BCUT2D eigenvalue weighted by atomic mass is 16.2. The van der Waals surface area contributed by atoms with E-state index in [-0.39, 0.29) is 11.3 Å². The molecule has 2 aliphatic rings. The molecular formula is C20H36N2O. The summed E-state index contributed by atoms with van der Waals surface area (Å²) in [4.78, 5) is 17.5. The summed E-state index contributed by atoms with van der Waals surface area (Å²) in [6, 6.07) is 0.603. The van der Waals surface area contributed by atoms with E-state index in [0.29, 0.717) is 17.9 Å². The summed E-state index contributed by atoms with van der Waals surface area (Å²) in [6.07, 6.45) is 4.61. The number of hydrogen-bond acceptors (Lipinski definition) is 2. The fourth-order valence-electron chi connectivity index (χ4n) is 3.97. The molecule has 1 aliphatic heterocycles. The Kier molecular flexibility index (Phi) is 5.60. The Labute approximate surface area is 143 Å². The molecule has 2 atom stereocenters. The third-order valence-corrected chi connectivity index (χ3v) is 6.04. The Morgan fingerprint density at radius 2 is 1.83 bits per heavy atom. The average molecular weight is 321 g/mol. The highest BCUT2D eigenvalue weighted by Gasteiger charge is 2.61. The SMILES string of the molecule is CC(C)=C[C@@H]1[C@@H](C(=O)N2CCC(CN(C)C(C)C)CC2)C1(C)C. The molecule has 0 unspecified atom stereocenters. The zero-order chi connectivity index (χ0) is 17.4. The summed E-state index contributed by atoms with van der Waals surface area (Å²) < 4.78 is 0. The van der Waals surface area contributed by atoms with Crippen LogP contribution in [0.1, 0.15) is 54.4 Å². The summed E-state index contributed by atoms with van der Waals surface area (Å²) in [5, 5.41) is 0. The van der Waals surface area contributed by atoms with Gasteiger partial charge in [-0.05, 0) is 64.8 Å². The van der Waals surface area contributed by atoms with Gasteiger partial charge in [0.2, 0.25) is 5.91 Å². The first-order valence-corrected chi connectivity index (χ1v) is 9.28. The minimum Gasteiger partial charge on any atom is -0.342 e. The predicted molar refractivity (Wildman–Crippen MR) is 97.3 cm³/mol. The standard InChI is InChI=1S/C20H36N2O/c1-14(2)12-17-18(20(17,5)6)19(23)22-10-8-16(9-11-22)13-21(7)15(3)4/h12,15-18H,8-11,13H2,1-7H3/t17-,18+/m1/s1. The van der Waals surface area contributed by atoms with E-state index in [1.807, 2.05) is 0 Å². The van der Waals surface area contributed by atoms with Gasteiger partial charge in [0.15, 0.2) is 0 Å². The van der Waals surface area contributed by atoms with E-state index in [0.717, 1.165) is 38.4 Å². The monoisotopic (exact) mass is 320 g/mol. The van der Waals surface area contributed by atoms with Crippen LogP contribution in [0.3, 0.4) is 0 Å². The third-order valence-electron chi connectivity index (χ3n) is 6.04. The van der Waals surface area contributed by atoms with Crippen molar-refractivity contribution in [3.8, 4) is 0 Å². The summed E-state index contributed by atoms with van der Waals surface area (Å²) in [5.74, 6) is 1.78. The average Bonchev–Trinajstić information content (AvgIpc) is 2.98. The van der Waals surface area contributed by atoms with Gasteiger partial charge in [-0.3, -0.25) is 4.79 Å². The molecule has 1 heterocycles. The van der Waals surface area contributed by atoms with Gasteiger partial charge in [-0.15, -0.1) is 0 Å². The van der Waals surface area contributed by atoms with E-state index in [4.69, 9.17) is 0 Å². The van der Waals surface area contributed by atoms with Crippen LogP contribution in [0.2, 0.25) is 0 Å². The molecule has 2 rings (SSSR count). The summed E-state index contributed by atoms with van der Waals surface area (Å²) in [6.45, 7) is 16.3. The summed E-state index contributed by atoms with van der Waals surface area (Å²) in [7, 11) is 2.21. The van der Waals surface area contributed by atoms with Crippen molar-refractivity contribution in [2.75, 3.05) is 26.7 Å². The van der Waals surface area contributed by atoms with Crippen LogP contribution in [0.25, 0.3) is 0 Å². The van der Waals surface area contributed by atoms with Crippen molar-refractivity contribution in [1.82, 2.24) is 9.80 Å². The molecule has 1 amide bonds. The van der Waals surface area contributed by atoms with Crippen LogP contribution < -0.4 is 0 Å². The number of amides is 1. The number of likely N-dealkylation sites (tertiary alicyclic amines) is 1. The Bertz CT molecular complexity index is 454. The van der Waals surface area contributed by atoms with Crippen molar-refractivity contribution >= 4 is 5.91 Å². The predicted octanol–water partition coefficient (Wildman–Crippen LogP) is 3.80. The first-order valence-electron chi connectivity index (χ1n) is 9.28. The van der Waals surface area contributed by atoms with Crippen LogP contribution in [0.15, 0.2) is 11.6 Å². The van der Waals surface area contributed by atoms with Crippen LogP contribution in [0, 0.1) is 23.2 Å². The molecule has 0 radical (unpaired) electrons. The molecular weight excluding hydrogens is 284 g/mol. The molecule has 1 saturated carbocycles. The Morgan fingerprint density at radius 3 is 2.30 bits per heavy atom. The minimum atomic E-state index is 0.142. The molecule has 0 aromatic rings. The summed E-state index contributed by atoms with van der Waals surface area (Å²) in [5.41, 5.74) is 1.47. The maximum atomic E-state index is 12.9. The lowest BCUT2D eigenvalue weighted by Crippen LogP contribution is -2.43. The number of carbonyl (C=O) groups is 1. The van der Waals surface area contributed by atoms with Crippen molar-refractivity contribution in [3.63, 3.8) is 0 Å². The van der Waals surface area contributed by atoms with E-state index in [2.05, 4.69) is 64.5 Å². The number of nitrogens with zero attached hydrogens (tertiary/aromatic N) is 2. The van der Waals surface area contributed by atoms with E-state index in [9.17, 15) is 4.79 Å². The van der Waals surface area contributed by atoms with E-state index in [1.165, 1.54) is 5.57 Å². The van der Waals surface area contributed by atoms with Gasteiger partial charge in [-0.25, -0.2) is 0 Å². The van der Waals surface area contributed by atoms with Gasteiger partial charge < -0.3 is 9.80 Å². The molecule has 3 nitrogen and oxygen atoms in total. The van der Waals surface area contributed by atoms with Crippen LogP contribution in [-0.4, -0.2) is 48.4 Å². The van der Waals surface area contributed by atoms with E-state index < -0.39 is 0 Å². The van der Waals surface area contributed by atoms with Gasteiger partial charge in [-0.2, -0.15) is 0 Å². The highest BCUT2D eigenvalue weighted by molar-refractivity contribution is 5.84. The zero-order valence-electron chi connectivity index (χ0n) is 16.2. The van der Waals surface area contributed by atoms with Crippen LogP contribution >= 0.6 is 0 Å². The summed E-state index contributed by atoms with van der Waals surface area (Å²) >= 11 is 0. The van der Waals surface area contributed by atoms with Gasteiger partial charge in [0.1, 0.15) is 0 Å². The molecule has 0 N–H and O–H groups in total. The molecule has 23 heavy (non-hydrogen) atoms. The fourth-order valence-corrected chi connectivity index (χ4v) is 3.97.